The molecule has 1 aromatic heterocycles. The van der Waals surface area contributed by atoms with Gasteiger partial charge in [0.15, 0.2) is 0 Å². The van der Waals surface area contributed by atoms with Gasteiger partial charge in [-0.05, 0) is 28.1 Å². The Bertz CT molecular complexity index is 626. The summed E-state index contributed by atoms with van der Waals surface area (Å²) in [7, 11) is 0. The van der Waals surface area contributed by atoms with E-state index < -0.39 is 0 Å². The van der Waals surface area contributed by atoms with E-state index in [9.17, 15) is 0 Å². The first-order valence-corrected chi connectivity index (χ1v) is 7.51. The normalized spacial score (nSPS) is 19.2. The zero-order valence-electron chi connectivity index (χ0n) is 10.3. The number of benzene rings is 1. The minimum Gasteiger partial charge on any atom is -0.397 e. The van der Waals surface area contributed by atoms with Gasteiger partial charge in [-0.2, -0.15) is 4.98 Å². The van der Waals surface area contributed by atoms with Gasteiger partial charge < -0.3 is 19.7 Å². The van der Waals surface area contributed by atoms with Crippen LogP contribution in [0.5, 0.6) is 0 Å². The molecule has 1 fully saturated rings. The van der Waals surface area contributed by atoms with Crippen LogP contribution in [0, 0.1) is 0 Å². The first-order valence-electron chi connectivity index (χ1n) is 5.93. The minimum absolute atomic E-state index is 0.293. The van der Waals surface area contributed by atoms with Crippen LogP contribution in [0.15, 0.2) is 25.6 Å². The summed E-state index contributed by atoms with van der Waals surface area (Å²) in [6.07, 6.45) is -0.293. The van der Waals surface area contributed by atoms with Crippen molar-refractivity contribution >= 4 is 37.5 Å². The molecule has 2 heterocycles. The maximum atomic E-state index is 6.02. The SMILES string of the molecule is Nc1c(Br)cc(Br)cc1-c1nc(C2COCCO2)no1. The van der Waals surface area contributed by atoms with Crippen LogP contribution in [0.3, 0.4) is 0 Å². The molecule has 0 radical (unpaired) electrons. The molecule has 2 N–H and O–H groups in total. The molecule has 0 bridgehead atoms. The van der Waals surface area contributed by atoms with Crippen LogP contribution in [0.25, 0.3) is 11.5 Å². The van der Waals surface area contributed by atoms with Gasteiger partial charge in [0.2, 0.25) is 5.82 Å². The number of hydrogen-bond acceptors (Lipinski definition) is 6. The molecule has 1 atom stereocenters. The molecule has 3 rings (SSSR count). The molecular formula is C12H11Br2N3O3. The van der Waals surface area contributed by atoms with Crippen molar-refractivity contribution in [2.75, 3.05) is 25.6 Å². The highest BCUT2D eigenvalue weighted by Gasteiger charge is 2.23. The zero-order chi connectivity index (χ0) is 14.1. The number of nitrogens with zero attached hydrogens (tertiary/aromatic N) is 2. The van der Waals surface area contributed by atoms with Crippen LogP contribution in [0.1, 0.15) is 11.9 Å². The lowest BCUT2D eigenvalue weighted by molar-refractivity contribution is -0.0941. The van der Waals surface area contributed by atoms with Gasteiger partial charge in [0.25, 0.3) is 5.89 Å². The van der Waals surface area contributed by atoms with Crippen LogP contribution >= 0.6 is 31.9 Å². The molecule has 0 spiro atoms. The molecule has 1 unspecified atom stereocenters. The van der Waals surface area contributed by atoms with Crippen molar-refractivity contribution in [3.05, 3.63) is 26.9 Å². The molecule has 1 saturated heterocycles. The second kappa shape index (κ2) is 5.80. The van der Waals surface area contributed by atoms with Crippen molar-refractivity contribution in [3.8, 4) is 11.5 Å². The highest BCUT2D eigenvalue weighted by atomic mass is 79.9. The summed E-state index contributed by atoms with van der Waals surface area (Å²) in [6, 6.07) is 3.68. The van der Waals surface area contributed by atoms with Crippen molar-refractivity contribution in [2.45, 2.75) is 6.10 Å². The fraction of sp³-hybridized carbons (Fsp3) is 0.333. The highest BCUT2D eigenvalue weighted by Crippen LogP contribution is 2.35. The maximum absolute atomic E-state index is 6.02. The molecule has 2 aromatic rings. The lowest BCUT2D eigenvalue weighted by Crippen LogP contribution is -2.22. The molecule has 0 aliphatic carbocycles. The second-order valence-corrected chi connectivity index (χ2v) is 6.01. The molecule has 1 aliphatic rings. The number of nitrogen functional groups attached to an aromatic ring is 1. The van der Waals surface area contributed by atoms with E-state index in [1.54, 1.807) is 0 Å². The quantitative estimate of drug-likeness (QED) is 0.774. The molecule has 1 aromatic carbocycles. The number of hydrogen-bond donors (Lipinski definition) is 1. The first kappa shape index (κ1) is 14.0. The number of rotatable bonds is 2. The first-order chi connectivity index (χ1) is 9.65. The van der Waals surface area contributed by atoms with Crippen LogP contribution in [0.2, 0.25) is 0 Å². The van der Waals surface area contributed by atoms with Crippen molar-refractivity contribution in [3.63, 3.8) is 0 Å². The van der Waals surface area contributed by atoms with Gasteiger partial charge in [-0.15, -0.1) is 0 Å². The Morgan fingerprint density at radius 1 is 1.25 bits per heavy atom. The molecule has 0 amide bonds. The molecular weight excluding hydrogens is 394 g/mol. The lowest BCUT2D eigenvalue weighted by atomic mass is 10.2. The minimum atomic E-state index is -0.293. The Kier molecular flexibility index (Phi) is 4.06. The summed E-state index contributed by atoms with van der Waals surface area (Å²) in [5.74, 6) is 0.823. The van der Waals surface area contributed by atoms with Crippen molar-refractivity contribution in [2.24, 2.45) is 0 Å². The predicted molar refractivity (Wildman–Crippen MR) is 79.1 cm³/mol. The summed E-state index contributed by atoms with van der Waals surface area (Å²) >= 11 is 6.80. The number of halogens is 2. The highest BCUT2D eigenvalue weighted by molar-refractivity contribution is 9.11. The van der Waals surface area contributed by atoms with Gasteiger partial charge in [0.05, 0.1) is 31.1 Å². The summed E-state index contributed by atoms with van der Waals surface area (Å²) in [4.78, 5) is 4.34. The molecule has 0 saturated carbocycles. The second-order valence-electron chi connectivity index (χ2n) is 4.24. The standard InChI is InChI=1S/C12H11Br2N3O3/c13-6-3-7(10(15)8(14)4-6)12-16-11(17-20-12)9-5-18-1-2-19-9/h3-4,9H,1-2,5,15H2. The van der Waals surface area contributed by atoms with E-state index in [2.05, 4.69) is 42.0 Å². The number of aromatic nitrogens is 2. The molecule has 106 valence electrons. The maximum Gasteiger partial charge on any atom is 0.260 e. The summed E-state index contributed by atoms with van der Waals surface area (Å²) in [5.41, 5.74) is 7.23. The van der Waals surface area contributed by atoms with Crippen molar-refractivity contribution < 1.29 is 14.0 Å². The van der Waals surface area contributed by atoms with Crippen LogP contribution in [-0.4, -0.2) is 30.0 Å². The van der Waals surface area contributed by atoms with Crippen LogP contribution < -0.4 is 5.73 Å². The average Bonchev–Trinajstić information content (AvgIpc) is 2.93. The van der Waals surface area contributed by atoms with Gasteiger partial charge in [-0.1, -0.05) is 21.1 Å². The summed E-state index contributed by atoms with van der Waals surface area (Å²) in [5, 5.41) is 3.94. The van der Waals surface area contributed by atoms with E-state index in [1.165, 1.54) is 0 Å². The number of anilines is 1. The van der Waals surface area contributed by atoms with Crippen molar-refractivity contribution in [1.82, 2.24) is 10.1 Å². The van der Waals surface area contributed by atoms with E-state index >= 15 is 0 Å². The Morgan fingerprint density at radius 3 is 2.85 bits per heavy atom. The summed E-state index contributed by atoms with van der Waals surface area (Å²) < 4.78 is 17.8. The van der Waals surface area contributed by atoms with Gasteiger partial charge in [-0.3, -0.25) is 0 Å². The monoisotopic (exact) mass is 403 g/mol. The molecule has 1 aliphatic heterocycles. The van der Waals surface area contributed by atoms with E-state index in [0.717, 1.165) is 8.95 Å². The number of nitrogens with two attached hydrogens (primary N) is 1. The Balaban J connectivity index is 1.93. The third-order valence-electron chi connectivity index (χ3n) is 2.87. The van der Waals surface area contributed by atoms with E-state index in [4.69, 9.17) is 19.7 Å². The fourth-order valence-corrected chi connectivity index (χ4v) is 3.10. The van der Waals surface area contributed by atoms with Gasteiger partial charge in [-0.25, -0.2) is 0 Å². The van der Waals surface area contributed by atoms with Crippen LogP contribution in [-0.2, 0) is 9.47 Å². The Labute approximate surface area is 131 Å². The number of ether oxygens (including phenoxy) is 2. The molecule has 8 heteroatoms. The van der Waals surface area contributed by atoms with Crippen molar-refractivity contribution in [1.29, 1.82) is 0 Å². The lowest BCUT2D eigenvalue weighted by Gasteiger charge is -2.19. The van der Waals surface area contributed by atoms with Gasteiger partial charge in [0, 0.05) is 8.95 Å². The Hall–Kier alpha value is -0.960. The van der Waals surface area contributed by atoms with E-state index in [1.807, 2.05) is 12.1 Å². The largest absolute Gasteiger partial charge is 0.397 e. The van der Waals surface area contributed by atoms with Gasteiger partial charge >= 0.3 is 0 Å². The molecule has 20 heavy (non-hydrogen) atoms. The Morgan fingerprint density at radius 2 is 2.10 bits per heavy atom. The third-order valence-corrected chi connectivity index (χ3v) is 3.98. The zero-order valence-corrected chi connectivity index (χ0v) is 13.5. The average molecular weight is 405 g/mol. The van der Waals surface area contributed by atoms with Crippen LogP contribution in [0.4, 0.5) is 5.69 Å². The van der Waals surface area contributed by atoms with E-state index in [-0.39, 0.29) is 6.10 Å². The molecule has 6 nitrogen and oxygen atoms in total. The third kappa shape index (κ3) is 2.73. The summed E-state index contributed by atoms with van der Waals surface area (Å²) in [6.45, 7) is 1.54. The predicted octanol–water partition coefficient (Wildman–Crippen LogP) is 2.93. The smallest absolute Gasteiger partial charge is 0.260 e. The van der Waals surface area contributed by atoms with Gasteiger partial charge in [0.1, 0.15) is 6.10 Å². The van der Waals surface area contributed by atoms with E-state index in [0.29, 0.717) is 42.8 Å². The topological polar surface area (TPSA) is 83.4 Å². The fourth-order valence-electron chi connectivity index (χ4n) is 1.87.